The first kappa shape index (κ1) is 20.6. The van der Waals surface area contributed by atoms with Gasteiger partial charge in [0.05, 0.1) is 19.8 Å². The zero-order valence-corrected chi connectivity index (χ0v) is 18.1. The van der Waals surface area contributed by atoms with E-state index in [2.05, 4.69) is 18.7 Å². The first-order chi connectivity index (χ1) is 14.0. The topological polar surface area (TPSA) is 58.6 Å². The maximum Gasteiger partial charge on any atom is 0.201 e. The van der Waals surface area contributed by atoms with Crippen molar-refractivity contribution in [3.63, 3.8) is 0 Å². The smallest absolute Gasteiger partial charge is 0.201 e. The molecule has 2 unspecified atom stereocenters. The summed E-state index contributed by atoms with van der Waals surface area (Å²) >= 11 is 0. The van der Waals surface area contributed by atoms with Crippen LogP contribution >= 0.6 is 0 Å². The van der Waals surface area contributed by atoms with Gasteiger partial charge in [0.15, 0.2) is 18.2 Å². The maximum atomic E-state index is 6.47. The minimum atomic E-state index is -0.723. The second-order valence-electron chi connectivity index (χ2n) is 9.95. The molecule has 5 aliphatic heterocycles. The van der Waals surface area contributed by atoms with Gasteiger partial charge in [-0.25, -0.2) is 9.78 Å². The molecule has 6 fully saturated rings. The average molecular weight is 412 g/mol. The van der Waals surface area contributed by atoms with Crippen LogP contribution in [0.1, 0.15) is 52.9 Å². The van der Waals surface area contributed by atoms with E-state index in [0.717, 1.165) is 58.5 Å². The first-order valence-electron chi connectivity index (χ1n) is 11.6. The number of morpholine rings is 1. The zero-order chi connectivity index (χ0) is 20.1. The fourth-order valence-corrected chi connectivity index (χ4v) is 6.38. The summed E-state index contributed by atoms with van der Waals surface area (Å²) in [4.78, 5) is 14.5. The van der Waals surface area contributed by atoms with Crippen LogP contribution in [-0.2, 0) is 28.7 Å². The van der Waals surface area contributed by atoms with Gasteiger partial charge in [-0.1, -0.05) is 13.8 Å². The average Bonchev–Trinajstić information content (AvgIpc) is 2.95. The Kier molecular flexibility index (Phi) is 5.69. The summed E-state index contributed by atoms with van der Waals surface area (Å²) in [6.45, 7) is 12.0. The normalized spacial score (nSPS) is 50.2. The summed E-state index contributed by atoms with van der Waals surface area (Å²) in [5, 5.41) is 0. The van der Waals surface area contributed by atoms with Crippen molar-refractivity contribution in [2.24, 2.45) is 23.7 Å². The predicted octanol–water partition coefficient (Wildman–Crippen LogP) is 2.93. The molecule has 0 radical (unpaired) electrons. The van der Waals surface area contributed by atoms with Crippen molar-refractivity contribution in [1.29, 1.82) is 0 Å². The second-order valence-corrected chi connectivity index (χ2v) is 9.95. The van der Waals surface area contributed by atoms with Gasteiger partial charge in [-0.05, 0) is 44.4 Å². The Bertz CT molecular complexity index is 586. The molecular weight excluding hydrogens is 374 g/mol. The van der Waals surface area contributed by atoms with E-state index in [9.17, 15) is 0 Å². The van der Waals surface area contributed by atoms with Gasteiger partial charge in [0, 0.05) is 37.9 Å². The Morgan fingerprint density at radius 2 is 1.86 bits per heavy atom. The molecule has 1 saturated carbocycles. The van der Waals surface area contributed by atoms with Gasteiger partial charge < -0.3 is 18.9 Å². The molecule has 1 spiro atoms. The fraction of sp³-hybridized carbons (Fsp3) is 1.00. The minimum Gasteiger partial charge on any atom is -0.379 e. The molecular formula is C22H37NO6. The summed E-state index contributed by atoms with van der Waals surface area (Å²) in [6.07, 6.45) is 4.57. The molecule has 0 aromatic carbocycles. The van der Waals surface area contributed by atoms with Crippen molar-refractivity contribution in [2.75, 3.05) is 39.5 Å². The molecule has 0 N–H and O–H groups in total. The van der Waals surface area contributed by atoms with E-state index < -0.39 is 17.7 Å². The lowest BCUT2D eigenvalue weighted by molar-refractivity contribution is -0.577. The van der Waals surface area contributed by atoms with Gasteiger partial charge >= 0.3 is 0 Å². The van der Waals surface area contributed by atoms with E-state index in [1.165, 1.54) is 6.42 Å². The van der Waals surface area contributed by atoms with Gasteiger partial charge in [0.1, 0.15) is 0 Å². The molecule has 8 atom stereocenters. The number of ether oxygens (including phenoxy) is 4. The van der Waals surface area contributed by atoms with Gasteiger partial charge in [0.2, 0.25) is 5.79 Å². The Balaban J connectivity index is 1.26. The monoisotopic (exact) mass is 411 g/mol. The quantitative estimate of drug-likeness (QED) is 0.509. The molecule has 0 aromatic rings. The third kappa shape index (κ3) is 3.56. The third-order valence-corrected chi connectivity index (χ3v) is 8.10. The molecule has 29 heavy (non-hydrogen) atoms. The Labute approximate surface area is 174 Å². The van der Waals surface area contributed by atoms with E-state index in [0.29, 0.717) is 24.4 Å². The van der Waals surface area contributed by atoms with E-state index in [1.807, 2.05) is 6.92 Å². The van der Waals surface area contributed by atoms with Gasteiger partial charge in [-0.2, -0.15) is 0 Å². The lowest BCUT2D eigenvalue weighted by atomic mass is 9.58. The Morgan fingerprint density at radius 3 is 2.69 bits per heavy atom. The van der Waals surface area contributed by atoms with Crippen LogP contribution in [0.15, 0.2) is 0 Å². The molecule has 166 valence electrons. The molecule has 5 heterocycles. The summed E-state index contributed by atoms with van der Waals surface area (Å²) in [5.74, 6) is 0.844. The third-order valence-electron chi connectivity index (χ3n) is 8.10. The number of hydrogen-bond donors (Lipinski definition) is 0. The van der Waals surface area contributed by atoms with Crippen molar-refractivity contribution < 1.29 is 28.7 Å². The lowest BCUT2D eigenvalue weighted by Crippen LogP contribution is -2.70. The van der Waals surface area contributed by atoms with Crippen LogP contribution in [0.2, 0.25) is 0 Å². The number of hydrogen-bond acceptors (Lipinski definition) is 7. The van der Waals surface area contributed by atoms with Crippen molar-refractivity contribution in [3.05, 3.63) is 0 Å². The number of fused-ring (bicyclic) bond motifs is 2. The standard InChI is InChI=1S/C22H37NO6/c1-15-5-6-18-16(2)19(25-12-4-9-23-10-13-24-14-11-23)26-20-22(18)17(15)7-8-21(3,27-20)28-29-22/h15-20H,4-14H2,1-3H3/t15-,16-,17?,18?,19+,20-,21-,22-/m1/s1. The summed E-state index contributed by atoms with van der Waals surface area (Å²) in [7, 11) is 0. The van der Waals surface area contributed by atoms with Crippen molar-refractivity contribution >= 4 is 0 Å². The van der Waals surface area contributed by atoms with Crippen LogP contribution in [0.3, 0.4) is 0 Å². The van der Waals surface area contributed by atoms with E-state index >= 15 is 0 Å². The van der Waals surface area contributed by atoms with Crippen LogP contribution in [0.5, 0.6) is 0 Å². The number of rotatable bonds is 5. The van der Waals surface area contributed by atoms with Crippen LogP contribution in [0.4, 0.5) is 0 Å². The molecule has 7 heteroatoms. The minimum absolute atomic E-state index is 0.249. The Morgan fingerprint density at radius 1 is 1.03 bits per heavy atom. The van der Waals surface area contributed by atoms with Crippen LogP contribution in [-0.4, -0.2) is 68.3 Å². The number of nitrogens with zero attached hydrogens (tertiary/aromatic N) is 1. The molecule has 6 rings (SSSR count). The molecule has 7 nitrogen and oxygen atoms in total. The Hall–Kier alpha value is -0.280. The first-order valence-corrected chi connectivity index (χ1v) is 11.6. The highest BCUT2D eigenvalue weighted by Crippen LogP contribution is 2.60. The highest BCUT2D eigenvalue weighted by atomic mass is 17.3. The van der Waals surface area contributed by atoms with Gasteiger partial charge in [-0.3, -0.25) is 4.90 Å². The highest BCUT2D eigenvalue weighted by Gasteiger charge is 2.69. The zero-order valence-electron chi connectivity index (χ0n) is 18.1. The summed E-state index contributed by atoms with van der Waals surface area (Å²) < 4.78 is 24.6. The largest absolute Gasteiger partial charge is 0.379 e. The van der Waals surface area contributed by atoms with E-state index in [4.69, 9.17) is 28.7 Å². The molecule has 0 aromatic heterocycles. The fourth-order valence-electron chi connectivity index (χ4n) is 6.38. The maximum absolute atomic E-state index is 6.47. The summed E-state index contributed by atoms with van der Waals surface area (Å²) in [6, 6.07) is 0. The highest BCUT2D eigenvalue weighted by molar-refractivity contribution is 5.09. The molecule has 2 bridgehead atoms. The SMILES string of the molecule is C[C@@H]1CCC2[C@@H](C)[C@@H](OCCCN3CCOCC3)O[C@@H]3O[C@@]4(C)CCC1[C@@]23OO4. The van der Waals surface area contributed by atoms with Crippen molar-refractivity contribution in [1.82, 2.24) is 4.90 Å². The van der Waals surface area contributed by atoms with Gasteiger partial charge in [-0.15, -0.1) is 0 Å². The van der Waals surface area contributed by atoms with E-state index in [1.54, 1.807) is 0 Å². The second kappa shape index (κ2) is 8.01. The predicted molar refractivity (Wildman–Crippen MR) is 105 cm³/mol. The van der Waals surface area contributed by atoms with Crippen molar-refractivity contribution in [2.45, 2.75) is 76.8 Å². The molecule has 6 aliphatic rings. The van der Waals surface area contributed by atoms with Crippen LogP contribution in [0, 0.1) is 23.7 Å². The lowest BCUT2D eigenvalue weighted by Gasteiger charge is -2.60. The van der Waals surface area contributed by atoms with Crippen molar-refractivity contribution in [3.8, 4) is 0 Å². The van der Waals surface area contributed by atoms with Gasteiger partial charge in [0.25, 0.3) is 0 Å². The molecule has 5 saturated heterocycles. The van der Waals surface area contributed by atoms with E-state index in [-0.39, 0.29) is 12.2 Å². The van der Waals surface area contributed by atoms with Crippen LogP contribution in [0.25, 0.3) is 0 Å². The summed E-state index contributed by atoms with van der Waals surface area (Å²) in [5.41, 5.74) is -0.499. The van der Waals surface area contributed by atoms with Crippen LogP contribution < -0.4 is 0 Å². The molecule has 0 amide bonds. The molecule has 1 aliphatic carbocycles.